The van der Waals surface area contributed by atoms with Crippen molar-refractivity contribution in [3.8, 4) is 0 Å². The van der Waals surface area contributed by atoms with Crippen LogP contribution in [0.15, 0.2) is 34.9 Å². The van der Waals surface area contributed by atoms with Gasteiger partial charge >= 0.3 is 5.97 Å². The molecule has 0 bridgehead atoms. The quantitative estimate of drug-likeness (QED) is 0.893. The van der Waals surface area contributed by atoms with Gasteiger partial charge in [-0.2, -0.15) is 0 Å². The number of carboxylic acid groups (broad SMARTS) is 1. The van der Waals surface area contributed by atoms with Gasteiger partial charge in [0.15, 0.2) is 0 Å². The molecule has 0 aliphatic rings. The first-order chi connectivity index (χ1) is 9.04. The third kappa shape index (κ3) is 3.66. The number of furan rings is 1. The van der Waals surface area contributed by atoms with Gasteiger partial charge in [0.25, 0.3) is 0 Å². The van der Waals surface area contributed by atoms with E-state index in [2.05, 4.69) is 9.88 Å². The van der Waals surface area contributed by atoms with Crippen LogP contribution in [0.25, 0.3) is 0 Å². The van der Waals surface area contributed by atoms with Crippen LogP contribution in [0.5, 0.6) is 0 Å². The molecular formula is C14H16N2O3. The largest absolute Gasteiger partial charge is 0.478 e. The van der Waals surface area contributed by atoms with Crippen LogP contribution in [0, 0.1) is 6.92 Å². The summed E-state index contributed by atoms with van der Waals surface area (Å²) >= 11 is 0. The third-order valence-corrected chi connectivity index (χ3v) is 2.73. The highest BCUT2D eigenvalue weighted by Gasteiger charge is 2.07. The zero-order chi connectivity index (χ0) is 13.8. The minimum Gasteiger partial charge on any atom is -0.478 e. The highest BCUT2D eigenvalue weighted by molar-refractivity contribution is 5.87. The van der Waals surface area contributed by atoms with E-state index in [1.807, 2.05) is 26.1 Å². The number of hydrogen-bond donors (Lipinski definition) is 1. The molecule has 5 heteroatoms. The normalized spacial score (nSPS) is 10.9. The number of carboxylic acids is 1. The van der Waals surface area contributed by atoms with Gasteiger partial charge in [-0.1, -0.05) is 0 Å². The summed E-state index contributed by atoms with van der Waals surface area (Å²) < 4.78 is 5.50. The van der Waals surface area contributed by atoms with E-state index in [0.717, 1.165) is 17.2 Å². The highest BCUT2D eigenvalue weighted by Crippen LogP contribution is 2.10. The Bertz CT molecular complexity index is 560. The van der Waals surface area contributed by atoms with Crippen molar-refractivity contribution in [1.82, 2.24) is 9.88 Å². The van der Waals surface area contributed by atoms with E-state index in [0.29, 0.717) is 13.1 Å². The van der Waals surface area contributed by atoms with Crippen molar-refractivity contribution in [3.05, 3.63) is 53.2 Å². The van der Waals surface area contributed by atoms with E-state index in [1.165, 1.54) is 6.20 Å². The molecule has 0 spiro atoms. The molecule has 2 rings (SSSR count). The van der Waals surface area contributed by atoms with Gasteiger partial charge in [-0.15, -0.1) is 0 Å². The van der Waals surface area contributed by atoms with Gasteiger partial charge in [0, 0.05) is 12.7 Å². The van der Waals surface area contributed by atoms with E-state index in [1.54, 1.807) is 12.1 Å². The van der Waals surface area contributed by atoms with Gasteiger partial charge in [0.05, 0.1) is 17.8 Å². The molecule has 1 N–H and O–H groups in total. The smallest absolute Gasteiger partial charge is 0.337 e. The van der Waals surface area contributed by atoms with Crippen LogP contribution >= 0.6 is 0 Å². The summed E-state index contributed by atoms with van der Waals surface area (Å²) in [6.45, 7) is 3.24. The molecule has 2 aromatic rings. The lowest BCUT2D eigenvalue weighted by atomic mass is 10.2. The minimum absolute atomic E-state index is 0.202. The van der Waals surface area contributed by atoms with Crippen LogP contribution in [0.1, 0.15) is 27.6 Å². The second kappa shape index (κ2) is 5.67. The molecule has 19 heavy (non-hydrogen) atoms. The summed E-state index contributed by atoms with van der Waals surface area (Å²) in [5, 5.41) is 8.79. The Morgan fingerprint density at radius 3 is 2.63 bits per heavy atom. The van der Waals surface area contributed by atoms with E-state index < -0.39 is 5.97 Å². The summed E-state index contributed by atoms with van der Waals surface area (Å²) in [4.78, 5) is 16.9. The van der Waals surface area contributed by atoms with Crippen molar-refractivity contribution >= 4 is 5.97 Å². The van der Waals surface area contributed by atoms with Crippen molar-refractivity contribution < 1.29 is 14.3 Å². The highest BCUT2D eigenvalue weighted by atomic mass is 16.4. The van der Waals surface area contributed by atoms with Gasteiger partial charge < -0.3 is 9.52 Å². The van der Waals surface area contributed by atoms with Gasteiger partial charge in [0.1, 0.15) is 11.5 Å². The molecule has 0 aliphatic carbocycles. The zero-order valence-electron chi connectivity index (χ0n) is 11.0. The standard InChI is InChI=1S/C14H16N2O3/c1-10-3-6-13(19-10)9-16(2)8-12-5-4-11(7-15-12)14(17)18/h3-7H,8-9H2,1-2H3,(H,17,18). The molecule has 0 aliphatic heterocycles. The van der Waals surface area contributed by atoms with Crippen LogP contribution in [0.2, 0.25) is 0 Å². The monoisotopic (exact) mass is 260 g/mol. The maximum atomic E-state index is 10.7. The zero-order valence-corrected chi connectivity index (χ0v) is 11.0. The lowest BCUT2D eigenvalue weighted by molar-refractivity contribution is 0.0696. The Morgan fingerprint density at radius 2 is 2.11 bits per heavy atom. The summed E-state index contributed by atoms with van der Waals surface area (Å²) in [6, 6.07) is 7.18. The van der Waals surface area contributed by atoms with Crippen molar-refractivity contribution in [3.63, 3.8) is 0 Å². The van der Waals surface area contributed by atoms with Crippen LogP contribution in [-0.4, -0.2) is 28.0 Å². The first-order valence-electron chi connectivity index (χ1n) is 5.96. The third-order valence-electron chi connectivity index (χ3n) is 2.73. The Balaban J connectivity index is 1.94. The minimum atomic E-state index is -0.960. The first kappa shape index (κ1) is 13.3. The molecular weight excluding hydrogens is 244 g/mol. The molecule has 0 radical (unpaired) electrons. The molecule has 0 saturated heterocycles. The fourth-order valence-corrected chi connectivity index (χ4v) is 1.81. The second-order valence-corrected chi connectivity index (χ2v) is 4.53. The van der Waals surface area contributed by atoms with Crippen molar-refractivity contribution in [1.29, 1.82) is 0 Å². The predicted octanol–water partition coefficient (Wildman–Crippen LogP) is 2.31. The molecule has 5 nitrogen and oxygen atoms in total. The fourth-order valence-electron chi connectivity index (χ4n) is 1.81. The number of hydrogen-bond acceptors (Lipinski definition) is 4. The number of pyridine rings is 1. The van der Waals surface area contributed by atoms with Crippen molar-refractivity contribution in [2.75, 3.05) is 7.05 Å². The lowest BCUT2D eigenvalue weighted by Gasteiger charge is -2.14. The van der Waals surface area contributed by atoms with Gasteiger partial charge in [-0.05, 0) is 38.2 Å². The van der Waals surface area contributed by atoms with Crippen LogP contribution in [-0.2, 0) is 13.1 Å². The number of rotatable bonds is 5. The van der Waals surface area contributed by atoms with Crippen molar-refractivity contribution in [2.24, 2.45) is 0 Å². The molecule has 0 atom stereocenters. The lowest BCUT2D eigenvalue weighted by Crippen LogP contribution is -2.17. The Labute approximate surface area is 111 Å². The van der Waals surface area contributed by atoms with E-state index in [9.17, 15) is 4.79 Å². The average molecular weight is 260 g/mol. The SMILES string of the molecule is Cc1ccc(CN(C)Cc2ccc(C(=O)O)cn2)o1. The topological polar surface area (TPSA) is 66.6 Å². The maximum Gasteiger partial charge on any atom is 0.337 e. The fraction of sp³-hybridized carbons (Fsp3) is 0.286. The number of aryl methyl sites for hydroxylation is 1. The van der Waals surface area contributed by atoms with Gasteiger partial charge in [-0.3, -0.25) is 9.88 Å². The molecule has 0 aromatic carbocycles. The first-order valence-corrected chi connectivity index (χ1v) is 5.96. The predicted molar refractivity (Wildman–Crippen MR) is 69.8 cm³/mol. The van der Waals surface area contributed by atoms with E-state index in [-0.39, 0.29) is 5.56 Å². The average Bonchev–Trinajstić information content (AvgIpc) is 2.75. The number of aromatic carboxylic acids is 1. The molecule has 2 aromatic heterocycles. The molecule has 0 fully saturated rings. The van der Waals surface area contributed by atoms with Crippen LogP contribution < -0.4 is 0 Å². The summed E-state index contributed by atoms with van der Waals surface area (Å²) in [7, 11) is 1.96. The van der Waals surface area contributed by atoms with Crippen LogP contribution in [0.4, 0.5) is 0 Å². The van der Waals surface area contributed by atoms with E-state index >= 15 is 0 Å². The molecule has 0 amide bonds. The molecule has 0 unspecified atom stereocenters. The molecule has 0 saturated carbocycles. The maximum absolute atomic E-state index is 10.7. The number of nitrogens with zero attached hydrogens (tertiary/aromatic N) is 2. The summed E-state index contributed by atoms with van der Waals surface area (Å²) in [6.07, 6.45) is 1.38. The Morgan fingerprint density at radius 1 is 1.32 bits per heavy atom. The molecule has 100 valence electrons. The number of aromatic nitrogens is 1. The summed E-state index contributed by atoms with van der Waals surface area (Å²) in [5.41, 5.74) is 1.03. The summed E-state index contributed by atoms with van der Waals surface area (Å²) in [5.74, 6) is 0.841. The van der Waals surface area contributed by atoms with Crippen LogP contribution in [0.3, 0.4) is 0 Å². The van der Waals surface area contributed by atoms with Crippen molar-refractivity contribution in [2.45, 2.75) is 20.0 Å². The molecule has 2 heterocycles. The Hall–Kier alpha value is -2.14. The van der Waals surface area contributed by atoms with Gasteiger partial charge in [-0.25, -0.2) is 4.79 Å². The number of carbonyl (C=O) groups is 1. The second-order valence-electron chi connectivity index (χ2n) is 4.53. The van der Waals surface area contributed by atoms with E-state index in [4.69, 9.17) is 9.52 Å². The van der Waals surface area contributed by atoms with Gasteiger partial charge in [0.2, 0.25) is 0 Å². The Kier molecular flexibility index (Phi) is 3.97.